The number of rotatable bonds is 6. The lowest BCUT2D eigenvalue weighted by Crippen LogP contribution is -2.36. The molecule has 0 bridgehead atoms. The van der Waals surface area contributed by atoms with E-state index in [0.29, 0.717) is 19.2 Å². The summed E-state index contributed by atoms with van der Waals surface area (Å²) in [5.41, 5.74) is 0. The molecule has 0 amide bonds. The summed E-state index contributed by atoms with van der Waals surface area (Å²) in [6.45, 7) is 9.25. The van der Waals surface area contributed by atoms with Crippen molar-refractivity contribution >= 4 is 0 Å². The van der Waals surface area contributed by atoms with E-state index in [-0.39, 0.29) is 12.2 Å². The molecule has 0 aromatic carbocycles. The predicted octanol–water partition coefficient (Wildman–Crippen LogP) is 1.11. The Balaban J connectivity index is 3.55. The number of likely N-dealkylation sites (N-methyl/N-ethyl adjacent to an activating group) is 1. The molecule has 3 nitrogen and oxygen atoms in total. The van der Waals surface area contributed by atoms with Crippen LogP contribution >= 0.6 is 0 Å². The minimum Gasteiger partial charge on any atom is -0.389 e. The Morgan fingerprint density at radius 1 is 1.23 bits per heavy atom. The second kappa shape index (κ2) is 6.35. The first kappa shape index (κ1) is 12.9. The third kappa shape index (κ3) is 6.99. The van der Waals surface area contributed by atoms with E-state index in [1.807, 2.05) is 20.9 Å². The van der Waals surface area contributed by atoms with Crippen LogP contribution in [-0.4, -0.2) is 48.5 Å². The Hall–Kier alpha value is -0.120. The molecule has 0 saturated heterocycles. The molecule has 0 radical (unpaired) electrons. The van der Waals surface area contributed by atoms with Gasteiger partial charge in [-0.05, 0) is 34.7 Å². The molecule has 13 heavy (non-hydrogen) atoms. The second-order valence-corrected chi connectivity index (χ2v) is 4.07. The molecule has 0 saturated carbocycles. The molecular weight excluding hydrogens is 166 g/mol. The Morgan fingerprint density at radius 3 is 2.15 bits per heavy atom. The lowest BCUT2D eigenvalue weighted by molar-refractivity contribution is -0.00856. The van der Waals surface area contributed by atoms with Gasteiger partial charge in [0, 0.05) is 12.6 Å². The van der Waals surface area contributed by atoms with Gasteiger partial charge in [-0.3, -0.25) is 0 Å². The van der Waals surface area contributed by atoms with E-state index in [4.69, 9.17) is 4.74 Å². The number of hydrogen-bond donors (Lipinski definition) is 1. The van der Waals surface area contributed by atoms with Crippen molar-refractivity contribution in [3.8, 4) is 0 Å². The molecule has 1 N–H and O–H groups in total. The highest BCUT2D eigenvalue weighted by atomic mass is 16.5. The molecule has 0 aliphatic heterocycles. The van der Waals surface area contributed by atoms with Crippen LogP contribution in [0.5, 0.6) is 0 Å². The van der Waals surface area contributed by atoms with Gasteiger partial charge in [0.15, 0.2) is 0 Å². The van der Waals surface area contributed by atoms with Gasteiger partial charge >= 0.3 is 0 Å². The zero-order chi connectivity index (χ0) is 10.4. The van der Waals surface area contributed by atoms with Crippen LogP contribution in [0.25, 0.3) is 0 Å². The maximum atomic E-state index is 9.55. The van der Waals surface area contributed by atoms with E-state index in [1.165, 1.54) is 0 Å². The van der Waals surface area contributed by atoms with Gasteiger partial charge < -0.3 is 14.7 Å². The zero-order valence-electron chi connectivity index (χ0n) is 9.45. The number of nitrogens with zero attached hydrogens (tertiary/aromatic N) is 1. The molecule has 0 aliphatic carbocycles. The monoisotopic (exact) mass is 189 g/mol. The smallest absolute Gasteiger partial charge is 0.0900 e. The Kier molecular flexibility index (Phi) is 6.29. The van der Waals surface area contributed by atoms with E-state index in [9.17, 15) is 5.11 Å². The van der Waals surface area contributed by atoms with E-state index < -0.39 is 0 Å². The van der Waals surface area contributed by atoms with Crippen LogP contribution in [0.3, 0.4) is 0 Å². The van der Waals surface area contributed by atoms with Crippen LogP contribution in [-0.2, 0) is 4.74 Å². The maximum Gasteiger partial charge on any atom is 0.0900 e. The highest BCUT2D eigenvalue weighted by Gasteiger charge is 2.10. The van der Waals surface area contributed by atoms with Crippen LogP contribution in [0.4, 0.5) is 0 Å². The molecule has 0 heterocycles. The van der Waals surface area contributed by atoms with Gasteiger partial charge in [0.1, 0.15) is 0 Å². The molecule has 3 heteroatoms. The average molecular weight is 189 g/mol. The maximum absolute atomic E-state index is 9.55. The minimum absolute atomic E-state index is 0.194. The van der Waals surface area contributed by atoms with Gasteiger partial charge in [-0.1, -0.05) is 0 Å². The van der Waals surface area contributed by atoms with Gasteiger partial charge in [-0.25, -0.2) is 0 Å². The number of ether oxygens (including phenoxy) is 1. The molecule has 0 aliphatic rings. The second-order valence-electron chi connectivity index (χ2n) is 4.07. The number of aliphatic hydroxyl groups excluding tert-OH is 1. The summed E-state index contributed by atoms with van der Waals surface area (Å²) in [5.74, 6) is 0. The average Bonchev–Trinajstić information content (AvgIpc) is 2.00. The minimum atomic E-state index is -0.380. The first-order valence-electron chi connectivity index (χ1n) is 4.93. The molecule has 0 spiro atoms. The topological polar surface area (TPSA) is 32.7 Å². The van der Waals surface area contributed by atoms with E-state index in [0.717, 1.165) is 0 Å². The predicted molar refractivity (Wildman–Crippen MR) is 54.9 cm³/mol. The molecule has 1 atom stereocenters. The van der Waals surface area contributed by atoms with Crippen LogP contribution in [0.2, 0.25) is 0 Å². The van der Waals surface area contributed by atoms with Crippen molar-refractivity contribution in [3.63, 3.8) is 0 Å². The van der Waals surface area contributed by atoms with Crippen molar-refractivity contribution in [2.24, 2.45) is 0 Å². The quantitative estimate of drug-likeness (QED) is 0.679. The molecule has 1 unspecified atom stereocenters. The van der Waals surface area contributed by atoms with Crippen molar-refractivity contribution in [1.29, 1.82) is 0 Å². The Morgan fingerprint density at radius 2 is 1.77 bits per heavy atom. The third-order valence-corrected chi connectivity index (χ3v) is 2.00. The van der Waals surface area contributed by atoms with Crippen LogP contribution in [0, 0.1) is 0 Å². The fraction of sp³-hybridized carbons (Fsp3) is 1.00. The fourth-order valence-corrected chi connectivity index (χ4v) is 0.899. The third-order valence-electron chi connectivity index (χ3n) is 2.00. The molecule has 0 aromatic heterocycles. The first-order chi connectivity index (χ1) is 5.93. The fourth-order valence-electron chi connectivity index (χ4n) is 0.899. The van der Waals surface area contributed by atoms with Crippen molar-refractivity contribution < 1.29 is 9.84 Å². The number of aliphatic hydroxyl groups is 1. The standard InChI is InChI=1S/C10H23NO2/c1-8(2)11(5)6-10(12)7-13-9(3)4/h8-10,12H,6-7H2,1-5H3. The summed E-state index contributed by atoms with van der Waals surface area (Å²) in [4.78, 5) is 2.11. The van der Waals surface area contributed by atoms with Crippen LogP contribution < -0.4 is 0 Å². The van der Waals surface area contributed by atoms with Crippen LogP contribution in [0.15, 0.2) is 0 Å². The van der Waals surface area contributed by atoms with Crippen molar-refractivity contribution in [1.82, 2.24) is 4.90 Å². The summed E-state index contributed by atoms with van der Waals surface area (Å²) in [7, 11) is 2.00. The largest absolute Gasteiger partial charge is 0.389 e. The van der Waals surface area contributed by atoms with Gasteiger partial charge in [-0.15, -0.1) is 0 Å². The van der Waals surface area contributed by atoms with Crippen molar-refractivity contribution in [2.45, 2.75) is 45.9 Å². The van der Waals surface area contributed by atoms with Gasteiger partial charge in [0.2, 0.25) is 0 Å². The lowest BCUT2D eigenvalue weighted by Gasteiger charge is -2.24. The van der Waals surface area contributed by atoms with Gasteiger partial charge in [0.05, 0.1) is 18.8 Å². The SMILES string of the molecule is CC(C)OCC(O)CN(C)C(C)C. The van der Waals surface area contributed by atoms with Crippen molar-refractivity contribution in [3.05, 3.63) is 0 Å². The van der Waals surface area contributed by atoms with Gasteiger partial charge in [-0.2, -0.15) is 0 Å². The first-order valence-corrected chi connectivity index (χ1v) is 4.93. The molecule has 0 fully saturated rings. The van der Waals surface area contributed by atoms with Crippen LogP contribution in [0.1, 0.15) is 27.7 Å². The number of hydrogen-bond acceptors (Lipinski definition) is 3. The lowest BCUT2D eigenvalue weighted by atomic mass is 10.3. The van der Waals surface area contributed by atoms with E-state index >= 15 is 0 Å². The van der Waals surface area contributed by atoms with E-state index in [1.54, 1.807) is 0 Å². The molecular formula is C10H23NO2. The molecule has 0 rings (SSSR count). The summed E-state index contributed by atoms with van der Waals surface area (Å²) in [6.07, 6.45) is -0.186. The molecule has 80 valence electrons. The molecule has 0 aromatic rings. The Bertz CT molecular complexity index is 126. The summed E-state index contributed by atoms with van der Waals surface area (Å²) in [6, 6.07) is 0.466. The summed E-state index contributed by atoms with van der Waals surface area (Å²) < 4.78 is 5.31. The summed E-state index contributed by atoms with van der Waals surface area (Å²) in [5, 5.41) is 9.55. The van der Waals surface area contributed by atoms with Gasteiger partial charge in [0.25, 0.3) is 0 Å². The highest BCUT2D eigenvalue weighted by Crippen LogP contribution is 1.98. The summed E-state index contributed by atoms with van der Waals surface area (Å²) >= 11 is 0. The normalized spacial score (nSPS) is 14.5. The van der Waals surface area contributed by atoms with E-state index in [2.05, 4.69) is 18.7 Å². The highest BCUT2D eigenvalue weighted by molar-refractivity contribution is 4.63. The Labute approximate surface area is 81.7 Å². The zero-order valence-corrected chi connectivity index (χ0v) is 9.45. The van der Waals surface area contributed by atoms with Crippen molar-refractivity contribution in [2.75, 3.05) is 20.2 Å².